The lowest BCUT2D eigenvalue weighted by atomic mass is 10.1. The Bertz CT molecular complexity index is 355. The molecule has 1 unspecified atom stereocenters. The Labute approximate surface area is 101 Å². The lowest BCUT2D eigenvalue weighted by Gasteiger charge is -2.12. The van der Waals surface area contributed by atoms with Gasteiger partial charge in [-0.15, -0.1) is 0 Å². The number of nitrogens with zero attached hydrogens (tertiary/aromatic N) is 2. The topological polar surface area (TPSA) is 55.9 Å². The van der Waals surface area contributed by atoms with Crippen molar-refractivity contribution in [3.63, 3.8) is 0 Å². The van der Waals surface area contributed by atoms with Gasteiger partial charge in [0.2, 0.25) is 0 Å². The first-order valence-corrected chi connectivity index (χ1v) is 7.02. The summed E-state index contributed by atoms with van der Waals surface area (Å²) < 4.78 is 1.95. The average Bonchev–Trinajstić information content (AvgIpc) is 2.87. The standard InChI is InChI=1S/C11H20N4S/c1-3-15-11(10(12)8(2)14-15)13-6-9-4-5-16-7-9/h9,13H,3-7,12H2,1-2H3. The highest BCUT2D eigenvalue weighted by atomic mass is 32.2. The predicted octanol–water partition coefficient (Wildman–Crippen LogP) is 1.96. The number of rotatable bonds is 4. The first-order valence-electron chi connectivity index (χ1n) is 5.86. The lowest BCUT2D eigenvalue weighted by molar-refractivity contribution is 0.614. The molecule has 1 saturated heterocycles. The molecule has 5 heteroatoms. The second kappa shape index (κ2) is 4.99. The van der Waals surface area contributed by atoms with Crippen molar-refractivity contribution in [2.75, 3.05) is 29.1 Å². The highest BCUT2D eigenvalue weighted by molar-refractivity contribution is 7.99. The van der Waals surface area contributed by atoms with E-state index in [0.29, 0.717) is 0 Å². The van der Waals surface area contributed by atoms with Crippen molar-refractivity contribution < 1.29 is 0 Å². The van der Waals surface area contributed by atoms with Crippen molar-refractivity contribution in [2.24, 2.45) is 5.92 Å². The molecular formula is C11H20N4S. The van der Waals surface area contributed by atoms with Crippen LogP contribution in [-0.2, 0) is 6.54 Å². The first kappa shape index (κ1) is 11.6. The van der Waals surface area contributed by atoms with Crippen molar-refractivity contribution >= 4 is 23.3 Å². The summed E-state index contributed by atoms with van der Waals surface area (Å²) in [6, 6.07) is 0. The predicted molar refractivity (Wildman–Crippen MR) is 71.0 cm³/mol. The van der Waals surface area contributed by atoms with Crippen molar-refractivity contribution in [1.82, 2.24) is 9.78 Å². The Hall–Kier alpha value is -0.840. The van der Waals surface area contributed by atoms with Gasteiger partial charge in [-0.2, -0.15) is 16.9 Å². The van der Waals surface area contributed by atoms with Crippen LogP contribution >= 0.6 is 11.8 Å². The summed E-state index contributed by atoms with van der Waals surface area (Å²) in [5, 5.41) is 7.86. The van der Waals surface area contributed by atoms with Crippen molar-refractivity contribution in [3.05, 3.63) is 5.69 Å². The molecule has 1 aromatic rings. The molecule has 1 fully saturated rings. The fourth-order valence-corrected chi connectivity index (χ4v) is 3.28. The molecule has 0 saturated carbocycles. The molecule has 3 N–H and O–H groups in total. The second-order valence-electron chi connectivity index (χ2n) is 4.27. The molecule has 0 aromatic carbocycles. The molecule has 2 heterocycles. The summed E-state index contributed by atoms with van der Waals surface area (Å²) in [5.74, 6) is 4.35. The van der Waals surface area contributed by atoms with Crippen LogP contribution in [0.1, 0.15) is 19.0 Å². The quantitative estimate of drug-likeness (QED) is 0.844. The van der Waals surface area contributed by atoms with Crippen molar-refractivity contribution in [3.8, 4) is 0 Å². The fraction of sp³-hybridized carbons (Fsp3) is 0.727. The van der Waals surface area contributed by atoms with E-state index in [1.165, 1.54) is 17.9 Å². The van der Waals surface area contributed by atoms with E-state index in [1.807, 2.05) is 23.4 Å². The third-order valence-electron chi connectivity index (χ3n) is 3.06. The molecule has 1 aliphatic heterocycles. The molecule has 1 atom stereocenters. The van der Waals surface area contributed by atoms with E-state index in [-0.39, 0.29) is 0 Å². The van der Waals surface area contributed by atoms with Gasteiger partial charge in [0, 0.05) is 13.1 Å². The van der Waals surface area contributed by atoms with Gasteiger partial charge in [0.05, 0.1) is 11.4 Å². The molecule has 90 valence electrons. The normalized spacial score (nSPS) is 20.2. The van der Waals surface area contributed by atoms with Crippen LogP contribution in [0.15, 0.2) is 0 Å². The van der Waals surface area contributed by atoms with E-state index in [2.05, 4.69) is 17.3 Å². The third kappa shape index (κ3) is 2.29. The molecular weight excluding hydrogens is 220 g/mol. The van der Waals surface area contributed by atoms with Gasteiger partial charge in [-0.25, -0.2) is 4.68 Å². The Morgan fingerprint density at radius 2 is 2.44 bits per heavy atom. The van der Waals surface area contributed by atoms with Crippen LogP contribution in [-0.4, -0.2) is 27.8 Å². The molecule has 4 nitrogen and oxygen atoms in total. The van der Waals surface area contributed by atoms with Crippen LogP contribution in [0.3, 0.4) is 0 Å². The van der Waals surface area contributed by atoms with Crippen LogP contribution < -0.4 is 11.1 Å². The minimum atomic E-state index is 0.782. The fourth-order valence-electron chi connectivity index (χ4n) is 2.00. The molecule has 0 aliphatic carbocycles. The van der Waals surface area contributed by atoms with Gasteiger partial charge in [-0.05, 0) is 37.7 Å². The molecule has 1 aliphatic rings. The number of hydrogen-bond donors (Lipinski definition) is 2. The summed E-state index contributed by atoms with van der Waals surface area (Å²) in [6.45, 7) is 5.92. The summed E-state index contributed by atoms with van der Waals surface area (Å²) in [5.41, 5.74) is 7.73. The van der Waals surface area contributed by atoms with Crippen LogP contribution in [0, 0.1) is 12.8 Å². The number of aryl methyl sites for hydroxylation is 2. The molecule has 0 bridgehead atoms. The SMILES string of the molecule is CCn1nc(C)c(N)c1NCC1CCSC1. The second-order valence-corrected chi connectivity index (χ2v) is 5.42. The first-order chi connectivity index (χ1) is 7.72. The number of hydrogen-bond acceptors (Lipinski definition) is 4. The minimum Gasteiger partial charge on any atom is -0.394 e. The smallest absolute Gasteiger partial charge is 0.148 e. The van der Waals surface area contributed by atoms with Gasteiger partial charge < -0.3 is 11.1 Å². The number of anilines is 2. The third-order valence-corrected chi connectivity index (χ3v) is 4.29. The van der Waals surface area contributed by atoms with Gasteiger partial charge in [0.15, 0.2) is 0 Å². The van der Waals surface area contributed by atoms with Gasteiger partial charge in [-0.3, -0.25) is 0 Å². The Morgan fingerprint density at radius 1 is 1.62 bits per heavy atom. The Kier molecular flexibility index (Phi) is 3.63. The molecule has 0 amide bonds. The molecule has 0 radical (unpaired) electrons. The van der Waals surface area contributed by atoms with E-state index in [1.54, 1.807) is 0 Å². The van der Waals surface area contributed by atoms with Gasteiger partial charge in [0.25, 0.3) is 0 Å². The van der Waals surface area contributed by atoms with Crippen LogP contribution in [0.4, 0.5) is 11.5 Å². The molecule has 1 aromatic heterocycles. The van der Waals surface area contributed by atoms with Crippen molar-refractivity contribution in [1.29, 1.82) is 0 Å². The Balaban J connectivity index is 2.01. The maximum atomic E-state index is 6.01. The highest BCUT2D eigenvalue weighted by Gasteiger charge is 2.17. The van der Waals surface area contributed by atoms with Crippen LogP contribution in [0.5, 0.6) is 0 Å². The number of nitrogens with one attached hydrogen (secondary N) is 1. The molecule has 16 heavy (non-hydrogen) atoms. The number of nitrogens with two attached hydrogens (primary N) is 1. The van der Waals surface area contributed by atoms with Gasteiger partial charge >= 0.3 is 0 Å². The monoisotopic (exact) mass is 240 g/mol. The zero-order chi connectivity index (χ0) is 11.5. The number of thioether (sulfide) groups is 1. The van der Waals surface area contributed by atoms with Crippen LogP contribution in [0.25, 0.3) is 0 Å². The van der Waals surface area contributed by atoms with Gasteiger partial charge in [-0.1, -0.05) is 0 Å². The van der Waals surface area contributed by atoms with E-state index in [9.17, 15) is 0 Å². The zero-order valence-corrected chi connectivity index (χ0v) is 10.8. The summed E-state index contributed by atoms with van der Waals surface area (Å²) in [6.07, 6.45) is 1.32. The van der Waals surface area contributed by atoms with Crippen LogP contribution in [0.2, 0.25) is 0 Å². The number of aromatic nitrogens is 2. The van der Waals surface area contributed by atoms with Gasteiger partial charge in [0.1, 0.15) is 5.82 Å². The largest absolute Gasteiger partial charge is 0.394 e. The van der Waals surface area contributed by atoms with E-state index in [0.717, 1.165) is 36.2 Å². The van der Waals surface area contributed by atoms with E-state index in [4.69, 9.17) is 5.73 Å². The summed E-state index contributed by atoms with van der Waals surface area (Å²) in [4.78, 5) is 0. The molecule has 0 spiro atoms. The maximum absolute atomic E-state index is 6.01. The summed E-state index contributed by atoms with van der Waals surface area (Å²) in [7, 11) is 0. The lowest BCUT2D eigenvalue weighted by Crippen LogP contribution is -2.16. The average molecular weight is 240 g/mol. The Morgan fingerprint density at radius 3 is 3.06 bits per heavy atom. The molecule has 2 rings (SSSR count). The van der Waals surface area contributed by atoms with Crippen molar-refractivity contribution in [2.45, 2.75) is 26.8 Å². The number of nitrogen functional groups attached to an aromatic ring is 1. The highest BCUT2D eigenvalue weighted by Crippen LogP contribution is 2.26. The maximum Gasteiger partial charge on any atom is 0.148 e. The summed E-state index contributed by atoms with van der Waals surface area (Å²) >= 11 is 2.04. The van der Waals surface area contributed by atoms with E-state index >= 15 is 0 Å². The zero-order valence-electron chi connectivity index (χ0n) is 9.99. The minimum absolute atomic E-state index is 0.782. The van der Waals surface area contributed by atoms with E-state index < -0.39 is 0 Å².